The second-order valence-electron chi connectivity index (χ2n) is 4.53. The summed E-state index contributed by atoms with van der Waals surface area (Å²) in [5.74, 6) is 0.891. The monoisotopic (exact) mass is 182 g/mol. The van der Waals surface area contributed by atoms with E-state index < -0.39 is 0 Å². The molecule has 2 saturated carbocycles. The van der Waals surface area contributed by atoms with Crippen molar-refractivity contribution in [1.29, 1.82) is 0 Å². The topological polar surface area (TPSA) is 55.1 Å². The molecule has 0 saturated heterocycles. The maximum absolute atomic E-state index is 11.5. The van der Waals surface area contributed by atoms with E-state index in [1.807, 2.05) is 0 Å². The van der Waals surface area contributed by atoms with Crippen molar-refractivity contribution in [1.82, 2.24) is 5.32 Å². The Morgan fingerprint density at radius 2 is 2.15 bits per heavy atom. The van der Waals surface area contributed by atoms with Crippen LogP contribution in [-0.2, 0) is 4.79 Å². The van der Waals surface area contributed by atoms with Crippen molar-refractivity contribution in [2.75, 3.05) is 6.54 Å². The van der Waals surface area contributed by atoms with E-state index >= 15 is 0 Å². The van der Waals surface area contributed by atoms with E-state index in [1.165, 1.54) is 19.3 Å². The van der Waals surface area contributed by atoms with E-state index in [-0.39, 0.29) is 11.4 Å². The largest absolute Gasteiger partial charge is 0.349 e. The number of rotatable bonds is 4. The van der Waals surface area contributed by atoms with E-state index in [9.17, 15) is 4.79 Å². The van der Waals surface area contributed by atoms with Gasteiger partial charge in [0.25, 0.3) is 0 Å². The lowest BCUT2D eigenvalue weighted by molar-refractivity contribution is -0.124. The van der Waals surface area contributed by atoms with Crippen molar-refractivity contribution in [2.45, 2.75) is 44.1 Å². The molecule has 0 radical (unpaired) electrons. The van der Waals surface area contributed by atoms with Crippen LogP contribution in [0.1, 0.15) is 38.5 Å². The van der Waals surface area contributed by atoms with Gasteiger partial charge in [0.15, 0.2) is 0 Å². The summed E-state index contributed by atoms with van der Waals surface area (Å²) in [7, 11) is 0. The van der Waals surface area contributed by atoms with Gasteiger partial charge >= 0.3 is 0 Å². The quantitative estimate of drug-likeness (QED) is 0.675. The van der Waals surface area contributed by atoms with E-state index in [0.29, 0.717) is 12.5 Å². The van der Waals surface area contributed by atoms with Gasteiger partial charge in [0.2, 0.25) is 5.91 Å². The van der Waals surface area contributed by atoms with Crippen molar-refractivity contribution < 1.29 is 4.79 Å². The van der Waals surface area contributed by atoms with Crippen LogP contribution in [0.5, 0.6) is 0 Å². The third-order valence-electron chi connectivity index (χ3n) is 3.28. The van der Waals surface area contributed by atoms with Crippen LogP contribution in [0.4, 0.5) is 0 Å². The molecule has 2 fully saturated rings. The summed E-state index contributed by atoms with van der Waals surface area (Å²) < 4.78 is 0. The number of carbonyl (C=O) groups is 1. The Balaban J connectivity index is 1.77. The standard InChI is InChI=1S/C10H18N2O/c11-7-10(4-1-5-10)12-9(13)6-8-2-3-8/h8H,1-7,11H2,(H,12,13). The molecule has 0 aromatic rings. The molecule has 0 spiro atoms. The lowest BCUT2D eigenvalue weighted by Gasteiger charge is -2.41. The zero-order valence-electron chi connectivity index (χ0n) is 8.01. The predicted molar refractivity (Wildman–Crippen MR) is 51.1 cm³/mol. The Hall–Kier alpha value is -0.570. The molecule has 0 aliphatic heterocycles. The highest BCUT2D eigenvalue weighted by molar-refractivity contribution is 5.77. The minimum Gasteiger partial charge on any atom is -0.349 e. The Labute approximate surface area is 79.1 Å². The summed E-state index contributed by atoms with van der Waals surface area (Å²) in [4.78, 5) is 11.5. The molecule has 2 rings (SSSR count). The normalized spacial score (nSPS) is 25.0. The molecule has 3 heteroatoms. The van der Waals surface area contributed by atoms with E-state index in [0.717, 1.165) is 19.3 Å². The van der Waals surface area contributed by atoms with Crippen molar-refractivity contribution in [3.63, 3.8) is 0 Å². The zero-order valence-corrected chi connectivity index (χ0v) is 8.01. The van der Waals surface area contributed by atoms with Crippen LogP contribution in [0.3, 0.4) is 0 Å². The van der Waals surface area contributed by atoms with Crippen LogP contribution < -0.4 is 11.1 Å². The SMILES string of the molecule is NCC1(NC(=O)CC2CC2)CCC1. The molecule has 3 nitrogen and oxygen atoms in total. The molecule has 2 aliphatic carbocycles. The van der Waals surface area contributed by atoms with Crippen LogP contribution in [0, 0.1) is 5.92 Å². The van der Waals surface area contributed by atoms with Gasteiger partial charge in [-0.1, -0.05) is 0 Å². The van der Waals surface area contributed by atoms with Gasteiger partial charge in [-0.15, -0.1) is 0 Å². The molecule has 3 N–H and O–H groups in total. The first-order valence-corrected chi connectivity index (χ1v) is 5.25. The number of carbonyl (C=O) groups excluding carboxylic acids is 1. The highest BCUT2D eigenvalue weighted by Crippen LogP contribution is 2.34. The van der Waals surface area contributed by atoms with Gasteiger partial charge in [0, 0.05) is 13.0 Å². The molecule has 0 heterocycles. The van der Waals surface area contributed by atoms with E-state index in [1.54, 1.807) is 0 Å². The van der Waals surface area contributed by atoms with Gasteiger partial charge in [0.1, 0.15) is 0 Å². The van der Waals surface area contributed by atoms with E-state index in [4.69, 9.17) is 5.73 Å². The summed E-state index contributed by atoms with van der Waals surface area (Å²) in [6.07, 6.45) is 6.55. The number of nitrogens with one attached hydrogen (secondary N) is 1. The number of hydrogen-bond acceptors (Lipinski definition) is 2. The van der Waals surface area contributed by atoms with Gasteiger partial charge in [-0.2, -0.15) is 0 Å². The number of hydrogen-bond donors (Lipinski definition) is 2. The fourth-order valence-corrected chi connectivity index (χ4v) is 1.91. The molecule has 0 atom stereocenters. The molecule has 74 valence electrons. The summed E-state index contributed by atoms with van der Waals surface area (Å²) >= 11 is 0. The van der Waals surface area contributed by atoms with Gasteiger partial charge in [-0.05, 0) is 38.0 Å². The van der Waals surface area contributed by atoms with Crippen LogP contribution >= 0.6 is 0 Å². The fraction of sp³-hybridized carbons (Fsp3) is 0.900. The zero-order chi connectivity index (χ0) is 9.31. The lowest BCUT2D eigenvalue weighted by Crippen LogP contribution is -2.58. The van der Waals surface area contributed by atoms with Gasteiger partial charge in [-0.3, -0.25) is 4.79 Å². The van der Waals surface area contributed by atoms with Gasteiger partial charge < -0.3 is 11.1 Å². The summed E-state index contributed by atoms with van der Waals surface area (Å²) in [6.45, 7) is 0.601. The molecule has 13 heavy (non-hydrogen) atoms. The molecule has 0 aromatic heterocycles. The predicted octanol–water partition coefficient (Wildman–Crippen LogP) is 0.784. The molecule has 1 amide bonds. The Morgan fingerprint density at radius 1 is 1.46 bits per heavy atom. The first-order chi connectivity index (χ1) is 6.24. The average molecular weight is 182 g/mol. The minimum atomic E-state index is -0.0219. The Kier molecular flexibility index (Phi) is 2.28. The first kappa shape index (κ1) is 9.00. The number of nitrogens with two attached hydrogens (primary N) is 1. The fourth-order valence-electron chi connectivity index (χ4n) is 1.91. The summed E-state index contributed by atoms with van der Waals surface area (Å²) in [6, 6.07) is 0. The van der Waals surface area contributed by atoms with Crippen molar-refractivity contribution >= 4 is 5.91 Å². The molecule has 0 aromatic carbocycles. The first-order valence-electron chi connectivity index (χ1n) is 5.25. The van der Waals surface area contributed by atoms with Crippen molar-refractivity contribution in [2.24, 2.45) is 11.7 Å². The second kappa shape index (κ2) is 3.29. The molecule has 2 aliphatic rings. The van der Waals surface area contributed by atoms with Crippen LogP contribution in [-0.4, -0.2) is 18.0 Å². The molecule has 0 unspecified atom stereocenters. The van der Waals surface area contributed by atoms with E-state index in [2.05, 4.69) is 5.32 Å². The van der Waals surface area contributed by atoms with Crippen molar-refractivity contribution in [3.8, 4) is 0 Å². The third-order valence-corrected chi connectivity index (χ3v) is 3.28. The summed E-state index contributed by atoms with van der Waals surface area (Å²) in [5, 5.41) is 3.09. The van der Waals surface area contributed by atoms with Gasteiger partial charge in [-0.25, -0.2) is 0 Å². The van der Waals surface area contributed by atoms with Crippen molar-refractivity contribution in [3.05, 3.63) is 0 Å². The summed E-state index contributed by atoms with van der Waals surface area (Å²) in [5.41, 5.74) is 5.63. The van der Waals surface area contributed by atoms with Crippen LogP contribution in [0.15, 0.2) is 0 Å². The third kappa shape index (κ3) is 2.02. The highest BCUT2D eigenvalue weighted by Gasteiger charge is 2.37. The maximum Gasteiger partial charge on any atom is 0.220 e. The highest BCUT2D eigenvalue weighted by atomic mass is 16.1. The van der Waals surface area contributed by atoms with Crippen LogP contribution in [0.2, 0.25) is 0 Å². The minimum absolute atomic E-state index is 0.0219. The second-order valence-corrected chi connectivity index (χ2v) is 4.53. The molecular formula is C10H18N2O. The maximum atomic E-state index is 11.5. The Morgan fingerprint density at radius 3 is 2.54 bits per heavy atom. The molecule has 0 bridgehead atoms. The lowest BCUT2D eigenvalue weighted by atomic mass is 9.76. The Bertz CT molecular complexity index is 201. The number of amides is 1. The van der Waals surface area contributed by atoms with Crippen LogP contribution in [0.25, 0.3) is 0 Å². The average Bonchev–Trinajstić information content (AvgIpc) is 2.80. The smallest absolute Gasteiger partial charge is 0.220 e. The van der Waals surface area contributed by atoms with Gasteiger partial charge in [0.05, 0.1) is 5.54 Å². The molecular weight excluding hydrogens is 164 g/mol.